The summed E-state index contributed by atoms with van der Waals surface area (Å²) in [6, 6.07) is 5.12. The van der Waals surface area contributed by atoms with Gasteiger partial charge in [-0.2, -0.15) is 0 Å². The third-order valence-corrected chi connectivity index (χ3v) is 6.74. The van der Waals surface area contributed by atoms with E-state index in [9.17, 15) is 17.6 Å². The molecule has 3 rings (SSSR count). The van der Waals surface area contributed by atoms with Crippen molar-refractivity contribution in [1.29, 1.82) is 0 Å². The summed E-state index contributed by atoms with van der Waals surface area (Å²) in [5.74, 6) is -0.304. The molecule has 0 saturated carbocycles. The molecule has 1 aromatic carbocycles. The Balaban J connectivity index is 1.68. The quantitative estimate of drug-likeness (QED) is 0.494. The van der Waals surface area contributed by atoms with E-state index in [2.05, 4.69) is 25.7 Å². The molecule has 10 nitrogen and oxygen atoms in total. The van der Waals surface area contributed by atoms with Crippen molar-refractivity contribution >= 4 is 49.8 Å². The van der Waals surface area contributed by atoms with Crippen LogP contribution in [0.4, 0.5) is 15.2 Å². The molecule has 0 aliphatic carbocycles. The molecule has 2 aromatic heterocycles. The Hall–Kier alpha value is -2.58. The van der Waals surface area contributed by atoms with Crippen LogP contribution in [0.1, 0.15) is 10.8 Å². The fourth-order valence-electron chi connectivity index (χ4n) is 2.38. The lowest BCUT2D eigenvalue weighted by Crippen LogP contribution is -2.30. The van der Waals surface area contributed by atoms with Crippen LogP contribution in [0.3, 0.4) is 0 Å². The van der Waals surface area contributed by atoms with E-state index in [0.717, 1.165) is 27.3 Å². The summed E-state index contributed by atoms with van der Waals surface area (Å²) in [4.78, 5) is 12.1. The van der Waals surface area contributed by atoms with Crippen LogP contribution in [0.5, 0.6) is 0 Å². The molecule has 30 heavy (non-hydrogen) atoms. The molecule has 160 valence electrons. The molecule has 1 amide bonds. The molecule has 3 aromatic rings. The SMILES string of the molecule is Cc1nnc(NC(=O)CSc2nnc(CN(c3ccc(F)cc3)S(C)(=O)=O)n2C)s1. The molecule has 0 saturated heterocycles. The van der Waals surface area contributed by atoms with Gasteiger partial charge in [0, 0.05) is 7.05 Å². The first-order valence-electron chi connectivity index (χ1n) is 8.48. The second kappa shape index (κ2) is 9.06. The van der Waals surface area contributed by atoms with E-state index in [0.29, 0.717) is 21.8 Å². The fraction of sp³-hybridized carbons (Fsp3) is 0.312. The highest BCUT2D eigenvalue weighted by molar-refractivity contribution is 7.99. The molecule has 0 aliphatic heterocycles. The average Bonchev–Trinajstić information content (AvgIpc) is 3.23. The molecular formula is C16H18FN7O3S3. The minimum atomic E-state index is -3.65. The monoisotopic (exact) mass is 471 g/mol. The van der Waals surface area contributed by atoms with Gasteiger partial charge in [-0.1, -0.05) is 23.1 Å². The highest BCUT2D eigenvalue weighted by atomic mass is 32.2. The van der Waals surface area contributed by atoms with E-state index < -0.39 is 15.8 Å². The lowest BCUT2D eigenvalue weighted by atomic mass is 10.3. The van der Waals surface area contributed by atoms with Gasteiger partial charge >= 0.3 is 0 Å². The molecule has 0 aliphatic rings. The molecule has 0 unspecified atom stereocenters. The van der Waals surface area contributed by atoms with Crippen LogP contribution >= 0.6 is 23.1 Å². The number of nitrogens with zero attached hydrogens (tertiary/aromatic N) is 6. The molecular weight excluding hydrogens is 453 g/mol. The maximum atomic E-state index is 13.2. The van der Waals surface area contributed by atoms with Crippen LogP contribution in [0, 0.1) is 12.7 Å². The number of aryl methyl sites for hydroxylation is 1. The van der Waals surface area contributed by atoms with Gasteiger partial charge in [0.05, 0.1) is 24.2 Å². The number of benzene rings is 1. The Labute approximate surface area is 180 Å². The predicted octanol–water partition coefficient (Wildman–Crippen LogP) is 1.81. The van der Waals surface area contributed by atoms with Crippen LogP contribution in [0.25, 0.3) is 0 Å². The summed E-state index contributed by atoms with van der Waals surface area (Å²) < 4.78 is 40.4. The lowest BCUT2D eigenvalue weighted by Gasteiger charge is -2.21. The molecule has 0 spiro atoms. The predicted molar refractivity (Wildman–Crippen MR) is 112 cm³/mol. The van der Waals surface area contributed by atoms with Crippen molar-refractivity contribution in [3.8, 4) is 0 Å². The van der Waals surface area contributed by atoms with Crippen molar-refractivity contribution in [3.05, 3.63) is 40.9 Å². The molecule has 0 fully saturated rings. The Morgan fingerprint density at radius 1 is 1.23 bits per heavy atom. The van der Waals surface area contributed by atoms with Gasteiger partial charge in [-0.15, -0.1) is 20.4 Å². The summed E-state index contributed by atoms with van der Waals surface area (Å²) in [5, 5.41) is 20.0. The summed E-state index contributed by atoms with van der Waals surface area (Å²) >= 11 is 2.42. The van der Waals surface area contributed by atoms with Crippen molar-refractivity contribution in [2.24, 2.45) is 7.05 Å². The minimum Gasteiger partial charge on any atom is -0.308 e. The van der Waals surface area contributed by atoms with Gasteiger partial charge in [-0.25, -0.2) is 12.8 Å². The number of thioether (sulfide) groups is 1. The molecule has 1 N–H and O–H groups in total. The first kappa shape index (κ1) is 22.1. The first-order chi connectivity index (χ1) is 14.1. The van der Waals surface area contributed by atoms with Crippen molar-refractivity contribution in [2.75, 3.05) is 21.6 Å². The third kappa shape index (κ3) is 5.52. The van der Waals surface area contributed by atoms with Gasteiger partial charge < -0.3 is 4.57 Å². The number of aromatic nitrogens is 5. The second-order valence-corrected chi connectivity index (χ2v) is 10.2. The van der Waals surface area contributed by atoms with E-state index in [4.69, 9.17) is 0 Å². The van der Waals surface area contributed by atoms with Crippen LogP contribution in [-0.4, -0.2) is 51.3 Å². The number of nitrogens with one attached hydrogen (secondary N) is 1. The number of rotatable bonds is 8. The highest BCUT2D eigenvalue weighted by Crippen LogP contribution is 2.22. The van der Waals surface area contributed by atoms with Crippen molar-refractivity contribution in [1.82, 2.24) is 25.0 Å². The molecule has 0 radical (unpaired) electrons. The zero-order valence-corrected chi connectivity index (χ0v) is 18.7. The number of hydrogen-bond donors (Lipinski definition) is 1. The van der Waals surface area contributed by atoms with Gasteiger partial charge in [0.2, 0.25) is 21.1 Å². The van der Waals surface area contributed by atoms with Crippen LogP contribution in [0.2, 0.25) is 0 Å². The number of amides is 1. The Kier molecular flexibility index (Phi) is 6.67. The van der Waals surface area contributed by atoms with Gasteiger partial charge in [-0.05, 0) is 31.2 Å². The van der Waals surface area contributed by atoms with Gasteiger partial charge in [-0.3, -0.25) is 14.4 Å². The maximum Gasteiger partial charge on any atom is 0.236 e. The summed E-state index contributed by atoms with van der Waals surface area (Å²) in [7, 11) is -1.97. The number of hydrogen-bond acceptors (Lipinski definition) is 9. The largest absolute Gasteiger partial charge is 0.308 e. The van der Waals surface area contributed by atoms with Crippen molar-refractivity contribution < 1.29 is 17.6 Å². The Bertz CT molecular complexity index is 1150. The number of sulfonamides is 1. The number of halogens is 1. The van der Waals surface area contributed by atoms with Gasteiger partial charge in [0.15, 0.2) is 11.0 Å². The summed E-state index contributed by atoms with van der Waals surface area (Å²) in [5.41, 5.74) is 0.308. The third-order valence-electron chi connectivity index (χ3n) is 3.83. The normalized spacial score (nSPS) is 11.5. The second-order valence-electron chi connectivity index (χ2n) is 6.17. The van der Waals surface area contributed by atoms with E-state index in [1.54, 1.807) is 18.5 Å². The van der Waals surface area contributed by atoms with Crippen LogP contribution in [-0.2, 0) is 28.4 Å². The topological polar surface area (TPSA) is 123 Å². The average molecular weight is 472 g/mol. The summed E-state index contributed by atoms with van der Waals surface area (Å²) in [6.45, 7) is 1.69. The van der Waals surface area contributed by atoms with Crippen LogP contribution < -0.4 is 9.62 Å². The zero-order chi connectivity index (χ0) is 21.9. The number of anilines is 2. The standard InChI is InChI=1S/C16H18FN7O3S3/c1-10-19-21-15(29-10)18-14(25)9-28-16-22-20-13(23(16)2)8-24(30(3,26)27)12-6-4-11(17)5-7-12/h4-7H,8-9H2,1-3H3,(H,18,21,25). The van der Waals surface area contributed by atoms with E-state index in [1.165, 1.54) is 35.6 Å². The molecule has 14 heteroatoms. The van der Waals surface area contributed by atoms with Crippen LogP contribution in [0.15, 0.2) is 29.4 Å². The zero-order valence-electron chi connectivity index (χ0n) is 16.2. The fourth-order valence-corrected chi connectivity index (χ4v) is 4.57. The highest BCUT2D eigenvalue weighted by Gasteiger charge is 2.22. The summed E-state index contributed by atoms with van der Waals surface area (Å²) in [6.07, 6.45) is 1.06. The molecule has 0 atom stereocenters. The Morgan fingerprint density at radius 3 is 2.53 bits per heavy atom. The van der Waals surface area contributed by atoms with Gasteiger partial charge in [0.25, 0.3) is 0 Å². The van der Waals surface area contributed by atoms with Crippen molar-refractivity contribution in [3.63, 3.8) is 0 Å². The number of carbonyl (C=O) groups excluding carboxylic acids is 1. The van der Waals surface area contributed by atoms with E-state index in [1.807, 2.05) is 0 Å². The first-order valence-corrected chi connectivity index (χ1v) is 12.1. The van der Waals surface area contributed by atoms with E-state index >= 15 is 0 Å². The molecule has 0 bridgehead atoms. The Morgan fingerprint density at radius 2 is 1.93 bits per heavy atom. The maximum absolute atomic E-state index is 13.2. The number of carbonyl (C=O) groups is 1. The lowest BCUT2D eigenvalue weighted by molar-refractivity contribution is -0.113. The molecule has 2 heterocycles. The minimum absolute atomic E-state index is 0.0678. The van der Waals surface area contributed by atoms with E-state index in [-0.39, 0.29) is 18.2 Å². The van der Waals surface area contributed by atoms with Crippen molar-refractivity contribution in [2.45, 2.75) is 18.6 Å². The van der Waals surface area contributed by atoms with Gasteiger partial charge in [0.1, 0.15) is 10.8 Å². The smallest absolute Gasteiger partial charge is 0.236 e.